The number of nitrogens with zero attached hydrogens (tertiary/aromatic N) is 3. The molecule has 0 fully saturated rings. The minimum atomic E-state index is -0.389. The maximum absolute atomic E-state index is 13.1. The Morgan fingerprint density at radius 3 is 2.36 bits per heavy atom. The largest absolute Gasteiger partial charge is 0.506 e. The Hall–Kier alpha value is -3.54. The fourth-order valence-electron chi connectivity index (χ4n) is 3.66. The van der Waals surface area contributed by atoms with E-state index in [0.717, 1.165) is 21.3 Å². The molecule has 0 bridgehead atoms. The predicted molar refractivity (Wildman–Crippen MR) is 110 cm³/mol. The summed E-state index contributed by atoms with van der Waals surface area (Å²) < 4.78 is 4.38. The average Bonchev–Trinajstić information content (AvgIpc) is 3.07. The zero-order chi connectivity index (χ0) is 20.2. The second kappa shape index (κ2) is 6.27. The molecule has 2 aromatic carbocycles. The van der Waals surface area contributed by atoms with Crippen LogP contribution in [-0.4, -0.2) is 18.8 Å². The first kappa shape index (κ1) is 17.9. The minimum absolute atomic E-state index is 0.0996. The first-order chi connectivity index (χ1) is 13.3. The summed E-state index contributed by atoms with van der Waals surface area (Å²) >= 11 is 0. The molecule has 0 aliphatic carbocycles. The molecule has 0 saturated carbocycles. The van der Waals surface area contributed by atoms with Gasteiger partial charge in [0.15, 0.2) is 0 Å². The van der Waals surface area contributed by atoms with E-state index in [0.29, 0.717) is 22.3 Å². The molecular formula is C22H21N3O3. The normalized spacial score (nSPS) is 11.3. The molecule has 6 heteroatoms. The molecule has 142 valence electrons. The molecule has 0 amide bonds. The molecule has 0 radical (unpaired) electrons. The summed E-state index contributed by atoms with van der Waals surface area (Å²) in [6, 6.07) is 13.1. The Morgan fingerprint density at radius 1 is 0.929 bits per heavy atom. The van der Waals surface area contributed by atoms with E-state index >= 15 is 0 Å². The van der Waals surface area contributed by atoms with E-state index in [4.69, 9.17) is 0 Å². The average molecular weight is 375 g/mol. The van der Waals surface area contributed by atoms with Gasteiger partial charge in [0.2, 0.25) is 0 Å². The molecule has 4 aromatic rings. The lowest BCUT2D eigenvalue weighted by atomic mass is 10.0. The van der Waals surface area contributed by atoms with Gasteiger partial charge in [-0.25, -0.2) is 4.79 Å². The summed E-state index contributed by atoms with van der Waals surface area (Å²) in [4.78, 5) is 25.5. The quantitative estimate of drug-likeness (QED) is 0.586. The van der Waals surface area contributed by atoms with Gasteiger partial charge in [-0.05, 0) is 37.1 Å². The summed E-state index contributed by atoms with van der Waals surface area (Å²) in [5, 5.41) is 11.0. The number of aromatic nitrogens is 3. The molecule has 0 atom stereocenters. The highest BCUT2D eigenvalue weighted by molar-refractivity contribution is 5.95. The molecule has 2 aromatic heterocycles. The van der Waals surface area contributed by atoms with Gasteiger partial charge in [-0.2, -0.15) is 0 Å². The van der Waals surface area contributed by atoms with Crippen molar-refractivity contribution in [1.82, 2.24) is 13.7 Å². The summed E-state index contributed by atoms with van der Waals surface area (Å²) in [5.74, 6) is 0.0996. The molecule has 0 saturated heterocycles. The minimum Gasteiger partial charge on any atom is -0.506 e. The van der Waals surface area contributed by atoms with Crippen molar-refractivity contribution in [2.24, 2.45) is 14.1 Å². The van der Waals surface area contributed by atoms with Crippen LogP contribution in [0.2, 0.25) is 0 Å². The van der Waals surface area contributed by atoms with Crippen molar-refractivity contribution in [2.75, 3.05) is 0 Å². The number of hydrogen-bond acceptors (Lipinski definition) is 3. The van der Waals surface area contributed by atoms with Gasteiger partial charge in [-0.1, -0.05) is 30.3 Å². The topological polar surface area (TPSA) is 69.2 Å². The van der Waals surface area contributed by atoms with Crippen molar-refractivity contribution >= 4 is 10.9 Å². The molecule has 4 rings (SSSR count). The molecule has 2 heterocycles. The lowest BCUT2D eigenvalue weighted by Crippen LogP contribution is -2.36. The van der Waals surface area contributed by atoms with Gasteiger partial charge in [0.25, 0.3) is 5.56 Å². The molecule has 0 aliphatic heterocycles. The third-order valence-corrected chi connectivity index (χ3v) is 5.23. The molecule has 0 unspecified atom stereocenters. The first-order valence-corrected chi connectivity index (χ1v) is 8.98. The van der Waals surface area contributed by atoms with Crippen molar-refractivity contribution in [1.29, 1.82) is 0 Å². The number of hydrogen-bond donors (Lipinski definition) is 1. The van der Waals surface area contributed by atoms with Crippen LogP contribution in [-0.2, 0) is 14.1 Å². The number of aromatic hydroxyl groups is 1. The zero-order valence-electron chi connectivity index (χ0n) is 16.2. The highest BCUT2D eigenvalue weighted by atomic mass is 16.3. The summed E-state index contributed by atoms with van der Waals surface area (Å²) in [5.41, 5.74) is 3.83. The van der Waals surface area contributed by atoms with Crippen LogP contribution in [0.4, 0.5) is 0 Å². The van der Waals surface area contributed by atoms with Gasteiger partial charge >= 0.3 is 5.69 Å². The van der Waals surface area contributed by atoms with E-state index in [1.807, 2.05) is 50.2 Å². The van der Waals surface area contributed by atoms with E-state index in [-0.39, 0.29) is 17.0 Å². The second-order valence-electron chi connectivity index (χ2n) is 7.12. The van der Waals surface area contributed by atoms with Crippen molar-refractivity contribution in [3.63, 3.8) is 0 Å². The van der Waals surface area contributed by atoms with Crippen LogP contribution >= 0.6 is 0 Å². The van der Waals surface area contributed by atoms with Crippen molar-refractivity contribution in [3.8, 4) is 22.7 Å². The SMILES string of the molecule is Cc1ccc(O)c(-n2cc3c(c2-c2ccccc2C)c(=O)n(C)c(=O)n3C)c1. The smallest absolute Gasteiger partial charge is 0.330 e. The maximum Gasteiger partial charge on any atom is 0.330 e. The number of aryl methyl sites for hydroxylation is 3. The van der Waals surface area contributed by atoms with Crippen molar-refractivity contribution < 1.29 is 5.11 Å². The molecule has 1 N–H and O–H groups in total. The van der Waals surface area contributed by atoms with Gasteiger partial charge < -0.3 is 9.67 Å². The number of benzene rings is 2. The maximum atomic E-state index is 13.1. The third kappa shape index (κ3) is 2.49. The zero-order valence-corrected chi connectivity index (χ0v) is 16.2. The molecule has 0 spiro atoms. The Morgan fingerprint density at radius 2 is 1.64 bits per heavy atom. The predicted octanol–water partition coefficient (Wildman–Crippen LogP) is 3.02. The highest BCUT2D eigenvalue weighted by Gasteiger charge is 2.22. The number of fused-ring (bicyclic) bond motifs is 1. The fraction of sp³-hybridized carbons (Fsp3) is 0.182. The lowest BCUT2D eigenvalue weighted by Gasteiger charge is -2.14. The molecule has 6 nitrogen and oxygen atoms in total. The van der Waals surface area contributed by atoms with Crippen LogP contribution < -0.4 is 11.2 Å². The number of phenols is 1. The van der Waals surface area contributed by atoms with Gasteiger partial charge in [0, 0.05) is 25.9 Å². The third-order valence-electron chi connectivity index (χ3n) is 5.23. The second-order valence-corrected chi connectivity index (χ2v) is 7.12. The highest BCUT2D eigenvalue weighted by Crippen LogP contribution is 2.35. The molecule has 28 heavy (non-hydrogen) atoms. The van der Waals surface area contributed by atoms with Crippen LogP contribution in [0.3, 0.4) is 0 Å². The van der Waals surface area contributed by atoms with Crippen molar-refractivity contribution in [2.45, 2.75) is 13.8 Å². The summed E-state index contributed by atoms with van der Waals surface area (Å²) in [7, 11) is 3.12. The van der Waals surface area contributed by atoms with E-state index in [9.17, 15) is 14.7 Å². The van der Waals surface area contributed by atoms with E-state index in [1.165, 1.54) is 11.6 Å². The van der Waals surface area contributed by atoms with Crippen LogP contribution in [0.5, 0.6) is 5.75 Å². The van der Waals surface area contributed by atoms with Crippen LogP contribution in [0.1, 0.15) is 11.1 Å². The van der Waals surface area contributed by atoms with E-state index in [2.05, 4.69) is 0 Å². The first-order valence-electron chi connectivity index (χ1n) is 8.98. The molecule has 0 aliphatic rings. The van der Waals surface area contributed by atoms with Crippen molar-refractivity contribution in [3.05, 3.63) is 80.6 Å². The Bertz CT molecular complexity index is 1360. The van der Waals surface area contributed by atoms with Gasteiger partial charge in [0.1, 0.15) is 5.75 Å². The van der Waals surface area contributed by atoms with E-state index < -0.39 is 0 Å². The van der Waals surface area contributed by atoms with Crippen LogP contribution in [0.15, 0.2) is 58.3 Å². The van der Waals surface area contributed by atoms with Gasteiger partial charge in [0.05, 0.1) is 22.3 Å². The lowest BCUT2D eigenvalue weighted by molar-refractivity contribution is 0.472. The Balaban J connectivity index is 2.28. The van der Waals surface area contributed by atoms with E-state index in [1.54, 1.807) is 23.9 Å². The monoisotopic (exact) mass is 375 g/mol. The molecular weight excluding hydrogens is 354 g/mol. The van der Waals surface area contributed by atoms with Crippen LogP contribution in [0.25, 0.3) is 27.8 Å². The number of phenolic OH excluding ortho intramolecular Hbond substituents is 1. The Labute approximate surface area is 161 Å². The van der Waals surface area contributed by atoms with Gasteiger partial charge in [-0.15, -0.1) is 0 Å². The standard InChI is InChI=1S/C22H21N3O3/c1-13-9-10-18(26)16(11-13)25-12-17-19(21(27)24(4)22(28)23(17)3)20(25)15-8-6-5-7-14(15)2/h5-12,26H,1-4H3. The number of rotatable bonds is 2. The fourth-order valence-corrected chi connectivity index (χ4v) is 3.66. The van der Waals surface area contributed by atoms with Crippen LogP contribution in [0, 0.1) is 13.8 Å². The summed E-state index contributed by atoms with van der Waals surface area (Å²) in [6.07, 6.45) is 1.74. The van der Waals surface area contributed by atoms with Gasteiger partial charge in [-0.3, -0.25) is 13.9 Å². The summed E-state index contributed by atoms with van der Waals surface area (Å²) in [6.45, 7) is 3.91. The Kier molecular flexibility index (Phi) is 4.00.